The molecule has 0 radical (unpaired) electrons. The Hall–Kier alpha value is -4.64. The Balaban J connectivity index is 1.57. The zero-order valence-corrected chi connectivity index (χ0v) is 23.4. The van der Waals surface area contributed by atoms with E-state index in [0.29, 0.717) is 0 Å². The lowest BCUT2D eigenvalue weighted by molar-refractivity contribution is -0.124. The van der Waals surface area contributed by atoms with Gasteiger partial charge in [-0.25, -0.2) is 0 Å². The van der Waals surface area contributed by atoms with Gasteiger partial charge in [0.1, 0.15) is 5.57 Å². The number of carbonyl (C=O) groups is 2. The zero-order valence-electron chi connectivity index (χ0n) is 23.4. The van der Waals surface area contributed by atoms with Crippen LogP contribution in [0.15, 0.2) is 121 Å². The van der Waals surface area contributed by atoms with Crippen molar-refractivity contribution in [3.63, 3.8) is 0 Å². The van der Waals surface area contributed by atoms with Gasteiger partial charge in [-0.1, -0.05) is 103 Å². The third-order valence-corrected chi connectivity index (χ3v) is 6.95. The number of benzene rings is 4. The topological polar surface area (TPSA) is 61.4 Å². The number of rotatable bonds is 11. The van der Waals surface area contributed by atoms with Crippen LogP contribution in [0.3, 0.4) is 0 Å². The molecule has 5 heteroatoms. The monoisotopic (exact) mass is 531 g/mol. The smallest absolute Gasteiger partial charge is 0.257 e. The second-order valence-electron chi connectivity index (χ2n) is 9.86. The maximum atomic E-state index is 13.5. The van der Waals surface area contributed by atoms with Gasteiger partial charge in [0.25, 0.3) is 11.8 Å². The summed E-state index contributed by atoms with van der Waals surface area (Å²) in [6.07, 6.45) is 1.66. The summed E-state index contributed by atoms with van der Waals surface area (Å²) in [7, 11) is 0. The fourth-order valence-electron chi connectivity index (χ4n) is 4.57. The predicted molar refractivity (Wildman–Crippen MR) is 164 cm³/mol. The molecular formula is C35H37N3O2. The standard InChI is InChI=1S/C35H37N3O2/c1-4-38(25-29-14-8-5-9-15-29)32-22-20-28(21-23-32)24-33(34(39)36-26(2)30-16-10-6-11-17-30)35(40)37-27(3)31-18-12-7-13-19-31/h5-24,26-27H,4,25H2,1-3H3,(H,36,39)(H,37,40)/t26-,27-/m1/s1. The molecule has 0 aliphatic heterocycles. The largest absolute Gasteiger partial charge is 0.367 e. The predicted octanol–water partition coefficient (Wildman–Crippen LogP) is 6.85. The Morgan fingerprint density at radius 1 is 0.675 bits per heavy atom. The normalized spacial score (nSPS) is 12.1. The maximum absolute atomic E-state index is 13.5. The highest BCUT2D eigenvalue weighted by Gasteiger charge is 2.22. The highest BCUT2D eigenvalue weighted by atomic mass is 16.2. The molecule has 0 heterocycles. The molecule has 2 atom stereocenters. The third kappa shape index (κ3) is 7.70. The molecule has 0 fully saturated rings. The van der Waals surface area contributed by atoms with Crippen LogP contribution in [0.4, 0.5) is 5.69 Å². The van der Waals surface area contributed by atoms with E-state index in [1.807, 2.05) is 117 Å². The number of hydrogen-bond donors (Lipinski definition) is 2. The summed E-state index contributed by atoms with van der Waals surface area (Å²) in [5, 5.41) is 6.00. The van der Waals surface area contributed by atoms with E-state index in [0.717, 1.165) is 35.5 Å². The molecule has 0 unspecified atom stereocenters. The number of hydrogen-bond acceptors (Lipinski definition) is 3. The van der Waals surface area contributed by atoms with Gasteiger partial charge in [0.15, 0.2) is 0 Å². The SMILES string of the molecule is CCN(Cc1ccccc1)c1ccc(C=C(C(=O)N[C@H](C)c2ccccc2)C(=O)N[C@H](C)c2ccccc2)cc1. The fraction of sp³-hybridized carbons (Fsp3) is 0.200. The first kappa shape index (κ1) is 28.4. The quantitative estimate of drug-likeness (QED) is 0.126. The van der Waals surface area contributed by atoms with Crippen LogP contribution in [0.25, 0.3) is 6.08 Å². The van der Waals surface area contributed by atoms with Crippen molar-refractivity contribution < 1.29 is 9.59 Å². The average Bonchev–Trinajstić information content (AvgIpc) is 3.00. The van der Waals surface area contributed by atoms with Crippen molar-refractivity contribution in [3.8, 4) is 0 Å². The molecule has 0 saturated heterocycles. The maximum Gasteiger partial charge on any atom is 0.257 e. The summed E-state index contributed by atoms with van der Waals surface area (Å²) in [4.78, 5) is 29.2. The Bertz CT molecular complexity index is 1340. The zero-order chi connectivity index (χ0) is 28.3. The molecule has 0 aliphatic rings. The van der Waals surface area contributed by atoms with Gasteiger partial charge in [0, 0.05) is 18.8 Å². The first-order valence-electron chi connectivity index (χ1n) is 13.8. The van der Waals surface area contributed by atoms with Gasteiger partial charge in [0.2, 0.25) is 0 Å². The minimum absolute atomic E-state index is 0.0648. The van der Waals surface area contributed by atoms with E-state index in [4.69, 9.17) is 0 Å². The molecule has 2 N–H and O–H groups in total. The molecular weight excluding hydrogens is 494 g/mol. The molecule has 0 aromatic heterocycles. The van der Waals surface area contributed by atoms with E-state index in [9.17, 15) is 9.59 Å². The molecule has 0 aliphatic carbocycles. The Morgan fingerprint density at radius 2 is 1.12 bits per heavy atom. The van der Waals surface area contributed by atoms with Gasteiger partial charge in [-0.05, 0) is 61.2 Å². The molecule has 2 amide bonds. The molecule has 4 aromatic rings. The molecule has 0 bridgehead atoms. The van der Waals surface area contributed by atoms with Crippen molar-refractivity contribution in [2.24, 2.45) is 0 Å². The van der Waals surface area contributed by atoms with E-state index >= 15 is 0 Å². The van der Waals surface area contributed by atoms with Crippen molar-refractivity contribution in [1.29, 1.82) is 0 Å². The molecule has 4 aromatic carbocycles. The van der Waals surface area contributed by atoms with E-state index in [1.165, 1.54) is 5.56 Å². The van der Waals surface area contributed by atoms with E-state index in [2.05, 4.69) is 34.6 Å². The number of amides is 2. The first-order valence-corrected chi connectivity index (χ1v) is 13.8. The van der Waals surface area contributed by atoms with Gasteiger partial charge < -0.3 is 15.5 Å². The van der Waals surface area contributed by atoms with Crippen molar-refractivity contribution >= 4 is 23.6 Å². The second kappa shape index (κ2) is 13.9. The van der Waals surface area contributed by atoms with Crippen LogP contribution in [0, 0.1) is 0 Å². The van der Waals surface area contributed by atoms with Crippen LogP contribution >= 0.6 is 0 Å². The minimum atomic E-state index is -0.419. The second-order valence-corrected chi connectivity index (χ2v) is 9.86. The molecule has 4 rings (SSSR count). The highest BCUT2D eigenvalue weighted by Crippen LogP contribution is 2.21. The lowest BCUT2D eigenvalue weighted by Gasteiger charge is -2.23. The summed E-state index contributed by atoms with van der Waals surface area (Å²) >= 11 is 0. The summed E-state index contributed by atoms with van der Waals surface area (Å²) in [6.45, 7) is 7.62. The summed E-state index contributed by atoms with van der Waals surface area (Å²) in [5.41, 5.74) is 5.10. The molecule has 40 heavy (non-hydrogen) atoms. The van der Waals surface area contributed by atoms with E-state index in [1.54, 1.807) is 6.08 Å². The molecule has 0 spiro atoms. The van der Waals surface area contributed by atoms with Crippen LogP contribution < -0.4 is 15.5 Å². The van der Waals surface area contributed by atoms with Crippen LogP contribution in [0.2, 0.25) is 0 Å². The molecule has 0 saturated carbocycles. The van der Waals surface area contributed by atoms with Crippen LogP contribution in [0.5, 0.6) is 0 Å². The minimum Gasteiger partial charge on any atom is -0.367 e. The Kier molecular flexibility index (Phi) is 9.89. The fourth-order valence-corrected chi connectivity index (χ4v) is 4.57. The van der Waals surface area contributed by atoms with E-state index in [-0.39, 0.29) is 17.7 Å². The summed E-state index contributed by atoms with van der Waals surface area (Å²) in [6, 6.07) is 37.2. The average molecular weight is 532 g/mol. The van der Waals surface area contributed by atoms with Gasteiger partial charge in [-0.3, -0.25) is 9.59 Å². The Labute approximate surface area is 237 Å². The van der Waals surface area contributed by atoms with Crippen molar-refractivity contribution in [1.82, 2.24) is 10.6 Å². The van der Waals surface area contributed by atoms with Crippen LogP contribution in [0.1, 0.15) is 55.1 Å². The van der Waals surface area contributed by atoms with Crippen LogP contribution in [-0.2, 0) is 16.1 Å². The first-order chi connectivity index (χ1) is 19.4. The van der Waals surface area contributed by atoms with Gasteiger partial charge in [0.05, 0.1) is 12.1 Å². The Morgan fingerprint density at radius 3 is 1.57 bits per heavy atom. The van der Waals surface area contributed by atoms with Crippen molar-refractivity contribution in [3.05, 3.63) is 143 Å². The number of nitrogens with one attached hydrogen (secondary N) is 2. The van der Waals surface area contributed by atoms with Crippen LogP contribution in [-0.4, -0.2) is 18.4 Å². The number of nitrogens with zero attached hydrogens (tertiary/aromatic N) is 1. The van der Waals surface area contributed by atoms with E-state index < -0.39 is 11.8 Å². The number of carbonyl (C=O) groups excluding carboxylic acids is 2. The number of anilines is 1. The lowest BCUT2D eigenvalue weighted by atomic mass is 10.0. The van der Waals surface area contributed by atoms with Crippen molar-refractivity contribution in [2.45, 2.75) is 39.4 Å². The van der Waals surface area contributed by atoms with Gasteiger partial charge >= 0.3 is 0 Å². The lowest BCUT2D eigenvalue weighted by Crippen LogP contribution is -2.36. The third-order valence-electron chi connectivity index (χ3n) is 6.95. The molecule has 5 nitrogen and oxygen atoms in total. The summed E-state index contributed by atoms with van der Waals surface area (Å²) in [5.74, 6) is -0.838. The molecule has 204 valence electrons. The highest BCUT2D eigenvalue weighted by molar-refractivity contribution is 6.21. The van der Waals surface area contributed by atoms with Gasteiger partial charge in [-0.15, -0.1) is 0 Å². The summed E-state index contributed by atoms with van der Waals surface area (Å²) < 4.78 is 0. The van der Waals surface area contributed by atoms with Crippen molar-refractivity contribution in [2.75, 3.05) is 11.4 Å². The van der Waals surface area contributed by atoms with Gasteiger partial charge in [-0.2, -0.15) is 0 Å².